The predicted octanol–water partition coefficient (Wildman–Crippen LogP) is 2.41. The fourth-order valence-electron chi connectivity index (χ4n) is 3.55. The third kappa shape index (κ3) is 6.36. The molecule has 0 bridgehead atoms. The number of hydrogen-bond acceptors (Lipinski definition) is 4. The number of carbonyl (C=O) groups is 3. The molecule has 3 amide bonds. The van der Waals surface area contributed by atoms with Crippen LogP contribution in [0.3, 0.4) is 0 Å². The number of piperidine rings is 1. The fraction of sp³-hybridized carbons (Fsp3) is 0.348. The fourth-order valence-corrected chi connectivity index (χ4v) is 3.55. The van der Waals surface area contributed by atoms with Gasteiger partial charge in [0.15, 0.2) is 0 Å². The first-order valence-corrected chi connectivity index (χ1v) is 10.4. The molecule has 0 atom stereocenters. The number of anilines is 1. The van der Waals surface area contributed by atoms with Crippen molar-refractivity contribution in [3.63, 3.8) is 0 Å². The van der Waals surface area contributed by atoms with Gasteiger partial charge in [0.1, 0.15) is 5.82 Å². The first kappa shape index (κ1) is 22.4. The Morgan fingerprint density at radius 2 is 1.77 bits per heavy atom. The van der Waals surface area contributed by atoms with E-state index in [1.165, 1.54) is 12.1 Å². The lowest BCUT2D eigenvalue weighted by atomic mass is 10.0. The van der Waals surface area contributed by atoms with E-state index in [0.717, 1.165) is 0 Å². The molecule has 2 aromatic carbocycles. The molecule has 0 unspecified atom stereocenters. The number of benzene rings is 2. The van der Waals surface area contributed by atoms with Gasteiger partial charge in [-0.25, -0.2) is 4.39 Å². The van der Waals surface area contributed by atoms with Crippen molar-refractivity contribution >= 4 is 23.4 Å². The van der Waals surface area contributed by atoms with Crippen LogP contribution in [0.1, 0.15) is 40.5 Å². The van der Waals surface area contributed by atoms with Crippen LogP contribution in [-0.4, -0.2) is 54.8 Å². The number of likely N-dealkylation sites (tertiary alicyclic amines) is 1. The molecule has 164 valence electrons. The summed E-state index contributed by atoms with van der Waals surface area (Å²) < 4.78 is 13.8. The third-order valence-electron chi connectivity index (χ3n) is 5.15. The summed E-state index contributed by atoms with van der Waals surface area (Å²) in [6, 6.07) is 12.7. The molecule has 8 heteroatoms. The van der Waals surface area contributed by atoms with Gasteiger partial charge in [-0.3, -0.25) is 19.3 Å². The van der Waals surface area contributed by atoms with E-state index in [9.17, 15) is 18.8 Å². The van der Waals surface area contributed by atoms with Crippen LogP contribution in [0.4, 0.5) is 10.1 Å². The molecule has 1 saturated heterocycles. The maximum Gasteiger partial charge on any atom is 0.254 e. The minimum atomic E-state index is -0.537. The van der Waals surface area contributed by atoms with Crippen molar-refractivity contribution in [3.05, 3.63) is 65.5 Å². The van der Waals surface area contributed by atoms with Crippen LogP contribution in [0.15, 0.2) is 48.5 Å². The zero-order valence-electron chi connectivity index (χ0n) is 17.5. The van der Waals surface area contributed by atoms with Crippen LogP contribution >= 0.6 is 0 Å². The van der Waals surface area contributed by atoms with E-state index in [1.807, 2.05) is 11.8 Å². The Morgan fingerprint density at radius 1 is 1.03 bits per heavy atom. The molecule has 1 fully saturated rings. The van der Waals surface area contributed by atoms with E-state index in [-0.39, 0.29) is 30.0 Å². The second-order valence-corrected chi connectivity index (χ2v) is 7.49. The van der Waals surface area contributed by atoms with Crippen LogP contribution in [0.5, 0.6) is 0 Å². The highest BCUT2D eigenvalue weighted by Gasteiger charge is 2.23. The van der Waals surface area contributed by atoms with Crippen LogP contribution in [0, 0.1) is 5.82 Å². The maximum absolute atomic E-state index is 13.8. The molecule has 0 saturated carbocycles. The van der Waals surface area contributed by atoms with Gasteiger partial charge >= 0.3 is 0 Å². The number of hydrogen-bond donors (Lipinski definition) is 3. The Morgan fingerprint density at radius 3 is 2.48 bits per heavy atom. The minimum absolute atomic E-state index is 0.0409. The van der Waals surface area contributed by atoms with Gasteiger partial charge in [-0.15, -0.1) is 0 Å². The molecule has 7 nitrogen and oxygen atoms in total. The average Bonchev–Trinajstić information content (AvgIpc) is 2.75. The number of rotatable bonds is 7. The van der Waals surface area contributed by atoms with Crippen LogP contribution in [0.2, 0.25) is 0 Å². The van der Waals surface area contributed by atoms with Crippen molar-refractivity contribution in [1.29, 1.82) is 0 Å². The van der Waals surface area contributed by atoms with Crippen molar-refractivity contribution in [2.75, 3.05) is 31.5 Å². The molecule has 1 aliphatic heterocycles. The molecule has 3 N–H and O–H groups in total. The monoisotopic (exact) mass is 426 g/mol. The molecule has 0 aromatic heterocycles. The van der Waals surface area contributed by atoms with Gasteiger partial charge in [0.05, 0.1) is 12.1 Å². The van der Waals surface area contributed by atoms with Crippen molar-refractivity contribution in [2.24, 2.45) is 0 Å². The lowest BCUT2D eigenvalue weighted by Gasteiger charge is -2.31. The van der Waals surface area contributed by atoms with E-state index in [1.54, 1.807) is 36.4 Å². The Labute approximate surface area is 181 Å². The van der Waals surface area contributed by atoms with E-state index in [0.29, 0.717) is 43.7 Å². The Kier molecular flexibility index (Phi) is 7.72. The third-order valence-corrected chi connectivity index (χ3v) is 5.15. The smallest absolute Gasteiger partial charge is 0.254 e. The molecule has 0 spiro atoms. The van der Waals surface area contributed by atoms with Gasteiger partial charge in [-0.1, -0.05) is 18.2 Å². The first-order valence-electron chi connectivity index (χ1n) is 10.4. The van der Waals surface area contributed by atoms with E-state index in [4.69, 9.17) is 0 Å². The number of halogens is 1. The maximum atomic E-state index is 13.8. The van der Waals surface area contributed by atoms with Crippen LogP contribution in [-0.2, 0) is 4.79 Å². The van der Waals surface area contributed by atoms with Crippen molar-refractivity contribution in [1.82, 2.24) is 15.5 Å². The molecule has 0 aliphatic carbocycles. The summed E-state index contributed by atoms with van der Waals surface area (Å²) in [5.41, 5.74) is 1.10. The number of carbonyl (C=O) groups excluding carboxylic acids is 3. The first-order chi connectivity index (χ1) is 15.0. The molecular weight excluding hydrogens is 399 g/mol. The summed E-state index contributed by atoms with van der Waals surface area (Å²) >= 11 is 0. The van der Waals surface area contributed by atoms with Crippen LogP contribution < -0.4 is 16.0 Å². The lowest BCUT2D eigenvalue weighted by molar-refractivity contribution is -0.117. The standard InChI is InChI=1S/C23H27FN4O3/c1-2-25-22(30)16-6-5-7-18(14-16)26-21(29)15-28-12-10-17(11-13-28)27-23(31)19-8-3-4-9-20(19)24/h3-9,14,17H,2,10-13,15H2,1H3,(H,25,30)(H,26,29)(H,27,31). The summed E-state index contributed by atoms with van der Waals surface area (Å²) in [5.74, 6) is -1.30. The molecule has 2 aromatic rings. The van der Waals surface area contributed by atoms with Crippen molar-refractivity contribution < 1.29 is 18.8 Å². The minimum Gasteiger partial charge on any atom is -0.352 e. The zero-order chi connectivity index (χ0) is 22.2. The van der Waals surface area contributed by atoms with E-state index in [2.05, 4.69) is 16.0 Å². The Hall–Kier alpha value is -3.26. The second kappa shape index (κ2) is 10.7. The number of nitrogens with zero attached hydrogens (tertiary/aromatic N) is 1. The summed E-state index contributed by atoms with van der Waals surface area (Å²) in [4.78, 5) is 38.6. The second-order valence-electron chi connectivity index (χ2n) is 7.49. The van der Waals surface area contributed by atoms with Gasteiger partial charge < -0.3 is 16.0 Å². The number of nitrogens with one attached hydrogen (secondary N) is 3. The molecule has 3 rings (SSSR count). The van der Waals surface area contributed by atoms with Crippen molar-refractivity contribution in [2.45, 2.75) is 25.8 Å². The average molecular weight is 426 g/mol. The molecular formula is C23H27FN4O3. The van der Waals surface area contributed by atoms with Crippen molar-refractivity contribution in [3.8, 4) is 0 Å². The highest BCUT2D eigenvalue weighted by Crippen LogP contribution is 2.14. The molecule has 0 radical (unpaired) electrons. The quantitative estimate of drug-likeness (QED) is 0.634. The largest absolute Gasteiger partial charge is 0.352 e. The summed E-state index contributed by atoms with van der Waals surface area (Å²) in [5, 5.41) is 8.43. The Bertz CT molecular complexity index is 942. The van der Waals surface area contributed by atoms with E-state index < -0.39 is 11.7 Å². The molecule has 1 heterocycles. The summed E-state index contributed by atoms with van der Waals surface area (Å²) in [6.07, 6.45) is 1.36. The summed E-state index contributed by atoms with van der Waals surface area (Å²) in [6.45, 7) is 3.90. The molecule has 31 heavy (non-hydrogen) atoms. The van der Waals surface area contributed by atoms with Gasteiger partial charge in [0.2, 0.25) is 5.91 Å². The summed E-state index contributed by atoms with van der Waals surface area (Å²) in [7, 11) is 0. The normalized spacial score (nSPS) is 14.6. The van der Waals surface area contributed by atoms with E-state index >= 15 is 0 Å². The zero-order valence-corrected chi connectivity index (χ0v) is 17.5. The lowest BCUT2D eigenvalue weighted by Crippen LogP contribution is -2.46. The highest BCUT2D eigenvalue weighted by atomic mass is 19.1. The highest BCUT2D eigenvalue weighted by molar-refractivity contribution is 5.97. The van der Waals surface area contributed by atoms with Gasteiger partial charge in [0, 0.05) is 36.9 Å². The van der Waals surface area contributed by atoms with Gasteiger partial charge in [0.25, 0.3) is 11.8 Å². The van der Waals surface area contributed by atoms with Gasteiger partial charge in [-0.05, 0) is 50.1 Å². The number of amides is 3. The Balaban J connectivity index is 1.45. The molecule has 1 aliphatic rings. The SMILES string of the molecule is CCNC(=O)c1cccc(NC(=O)CN2CCC(NC(=O)c3ccccc3F)CC2)c1. The predicted molar refractivity (Wildman–Crippen MR) is 116 cm³/mol. The van der Waals surface area contributed by atoms with Gasteiger partial charge in [-0.2, -0.15) is 0 Å². The topological polar surface area (TPSA) is 90.5 Å². The van der Waals surface area contributed by atoms with Crippen LogP contribution in [0.25, 0.3) is 0 Å².